The van der Waals surface area contributed by atoms with Crippen molar-refractivity contribution in [3.8, 4) is 0 Å². The summed E-state index contributed by atoms with van der Waals surface area (Å²) in [5.41, 5.74) is 0.973. The molecule has 2 aromatic carbocycles. The van der Waals surface area contributed by atoms with Gasteiger partial charge in [0.1, 0.15) is 0 Å². The summed E-state index contributed by atoms with van der Waals surface area (Å²) in [6, 6.07) is 14.8. The van der Waals surface area contributed by atoms with E-state index in [1.54, 1.807) is 42.5 Å². The monoisotopic (exact) mass is 403 g/mol. The van der Waals surface area contributed by atoms with Gasteiger partial charge in [-0.15, -0.1) is 0 Å². The molecule has 0 N–H and O–H groups in total. The standard InChI is InChI=1S/C24H21NO5/c1-15(21(26)16-8-3-2-4-9-16)30-24(29)17-10-7-11-18(14-17)25-22(27)19-12-5-6-13-20(19)23(25)28/h2-11,14-15,19-20H,12-13H2,1H3/t15-,19-,20+/m0/s1. The average Bonchev–Trinajstić information content (AvgIpc) is 3.04. The van der Waals surface area contributed by atoms with Gasteiger partial charge in [0.05, 0.1) is 23.1 Å². The van der Waals surface area contributed by atoms with E-state index in [2.05, 4.69) is 0 Å². The molecule has 0 unspecified atom stereocenters. The Bertz CT molecular complexity index is 1020. The van der Waals surface area contributed by atoms with E-state index in [0.29, 0.717) is 24.1 Å². The third-order valence-corrected chi connectivity index (χ3v) is 5.56. The number of Topliss-reactive ketones (excluding diaryl/α,β-unsaturated/α-hetero) is 1. The summed E-state index contributed by atoms with van der Waals surface area (Å²) < 4.78 is 5.33. The summed E-state index contributed by atoms with van der Waals surface area (Å²) in [7, 11) is 0. The largest absolute Gasteiger partial charge is 0.451 e. The second-order valence-electron chi connectivity index (χ2n) is 7.50. The number of carbonyl (C=O) groups is 4. The molecule has 0 saturated carbocycles. The van der Waals surface area contributed by atoms with Gasteiger partial charge >= 0.3 is 5.97 Å². The van der Waals surface area contributed by atoms with Crippen LogP contribution in [0.15, 0.2) is 66.7 Å². The van der Waals surface area contributed by atoms with Crippen LogP contribution in [-0.2, 0) is 14.3 Å². The highest BCUT2D eigenvalue weighted by atomic mass is 16.5. The van der Waals surface area contributed by atoms with E-state index >= 15 is 0 Å². The minimum absolute atomic E-state index is 0.175. The Balaban J connectivity index is 1.51. The molecule has 2 amide bonds. The van der Waals surface area contributed by atoms with Crippen molar-refractivity contribution in [1.29, 1.82) is 0 Å². The Hall–Kier alpha value is -3.54. The fourth-order valence-electron chi connectivity index (χ4n) is 3.95. The molecule has 0 spiro atoms. The number of ether oxygens (including phenoxy) is 1. The molecule has 6 nitrogen and oxygen atoms in total. The number of hydrogen-bond donors (Lipinski definition) is 0. The van der Waals surface area contributed by atoms with Crippen LogP contribution in [0.4, 0.5) is 5.69 Å². The molecular formula is C24H21NO5. The number of nitrogens with zero attached hydrogens (tertiary/aromatic N) is 1. The summed E-state index contributed by atoms with van der Waals surface area (Å²) >= 11 is 0. The molecule has 0 radical (unpaired) electrons. The molecule has 0 aromatic heterocycles. The smallest absolute Gasteiger partial charge is 0.338 e. The Morgan fingerprint density at radius 1 is 0.900 bits per heavy atom. The molecule has 1 aliphatic carbocycles. The average molecular weight is 403 g/mol. The van der Waals surface area contributed by atoms with Gasteiger partial charge in [0.25, 0.3) is 0 Å². The third-order valence-electron chi connectivity index (χ3n) is 5.56. The van der Waals surface area contributed by atoms with E-state index in [1.807, 2.05) is 12.2 Å². The molecule has 152 valence electrons. The van der Waals surface area contributed by atoms with Crippen molar-refractivity contribution in [3.05, 3.63) is 77.9 Å². The maximum absolute atomic E-state index is 12.8. The number of amides is 2. The lowest BCUT2D eigenvalue weighted by atomic mass is 9.85. The van der Waals surface area contributed by atoms with E-state index in [9.17, 15) is 19.2 Å². The molecule has 2 aromatic rings. The first-order valence-corrected chi connectivity index (χ1v) is 9.90. The van der Waals surface area contributed by atoms with Crippen molar-refractivity contribution >= 4 is 29.3 Å². The van der Waals surface area contributed by atoms with E-state index in [1.165, 1.54) is 19.1 Å². The first-order valence-electron chi connectivity index (χ1n) is 9.90. The first kappa shape index (κ1) is 19.8. The van der Waals surface area contributed by atoms with E-state index in [0.717, 1.165) is 4.90 Å². The first-order chi connectivity index (χ1) is 14.5. The van der Waals surface area contributed by atoms with Gasteiger partial charge in [0.15, 0.2) is 6.10 Å². The molecule has 1 heterocycles. The van der Waals surface area contributed by atoms with Crippen molar-refractivity contribution in [3.63, 3.8) is 0 Å². The molecule has 6 heteroatoms. The molecule has 0 bridgehead atoms. The normalized spacial score (nSPS) is 21.3. The second kappa shape index (κ2) is 8.06. The Morgan fingerprint density at radius 3 is 2.13 bits per heavy atom. The maximum Gasteiger partial charge on any atom is 0.338 e. The molecule has 1 fully saturated rings. The molecule has 30 heavy (non-hydrogen) atoms. The second-order valence-corrected chi connectivity index (χ2v) is 7.50. The fraction of sp³-hybridized carbons (Fsp3) is 0.250. The Morgan fingerprint density at radius 2 is 1.50 bits per heavy atom. The summed E-state index contributed by atoms with van der Waals surface area (Å²) in [4.78, 5) is 51.7. The Labute approximate surface area is 174 Å². The quantitative estimate of drug-likeness (QED) is 0.330. The highest BCUT2D eigenvalue weighted by Crippen LogP contribution is 2.37. The van der Waals surface area contributed by atoms with Crippen LogP contribution < -0.4 is 4.90 Å². The highest BCUT2D eigenvalue weighted by Gasteiger charge is 2.47. The number of ketones is 1. The van der Waals surface area contributed by atoms with Crippen molar-refractivity contribution in [2.75, 3.05) is 4.90 Å². The van der Waals surface area contributed by atoms with Crippen LogP contribution in [0.1, 0.15) is 40.5 Å². The number of fused-ring (bicyclic) bond motifs is 1. The van der Waals surface area contributed by atoms with Gasteiger partial charge < -0.3 is 4.74 Å². The van der Waals surface area contributed by atoms with Crippen LogP contribution in [0.5, 0.6) is 0 Å². The number of allylic oxidation sites excluding steroid dienone is 2. The van der Waals surface area contributed by atoms with Gasteiger partial charge in [-0.3, -0.25) is 19.3 Å². The zero-order valence-corrected chi connectivity index (χ0v) is 16.5. The number of anilines is 1. The van der Waals surface area contributed by atoms with Gasteiger partial charge in [0.2, 0.25) is 17.6 Å². The van der Waals surface area contributed by atoms with Gasteiger partial charge in [-0.25, -0.2) is 4.79 Å². The lowest BCUT2D eigenvalue weighted by Gasteiger charge is -2.16. The van der Waals surface area contributed by atoms with Gasteiger partial charge in [-0.2, -0.15) is 0 Å². The molecular weight excluding hydrogens is 382 g/mol. The number of carbonyl (C=O) groups excluding carboxylic acids is 4. The maximum atomic E-state index is 12.8. The topological polar surface area (TPSA) is 80.8 Å². The molecule has 4 rings (SSSR count). The van der Waals surface area contributed by atoms with Crippen molar-refractivity contribution in [1.82, 2.24) is 0 Å². The van der Waals surface area contributed by atoms with Crippen LogP contribution in [0.3, 0.4) is 0 Å². The summed E-state index contributed by atoms with van der Waals surface area (Å²) in [5, 5.41) is 0. The van der Waals surface area contributed by atoms with Crippen molar-refractivity contribution < 1.29 is 23.9 Å². The van der Waals surface area contributed by atoms with Gasteiger partial charge in [-0.1, -0.05) is 48.6 Å². The van der Waals surface area contributed by atoms with Crippen LogP contribution >= 0.6 is 0 Å². The van der Waals surface area contributed by atoms with Gasteiger partial charge in [0, 0.05) is 5.56 Å². The zero-order valence-electron chi connectivity index (χ0n) is 16.5. The number of rotatable bonds is 5. The number of hydrogen-bond acceptors (Lipinski definition) is 5. The highest BCUT2D eigenvalue weighted by molar-refractivity contribution is 6.22. The summed E-state index contributed by atoms with van der Waals surface area (Å²) in [5.74, 6) is -2.17. The number of imide groups is 1. The number of benzene rings is 2. The molecule has 1 aliphatic heterocycles. The predicted octanol–water partition coefficient (Wildman–Crippen LogP) is 3.57. The minimum atomic E-state index is -0.965. The van der Waals surface area contributed by atoms with Crippen LogP contribution in [-0.4, -0.2) is 29.7 Å². The SMILES string of the molecule is C[C@H](OC(=O)c1cccc(N2C(=O)[C@H]3CC=CC[C@H]3C2=O)c1)C(=O)c1ccccc1. The van der Waals surface area contributed by atoms with Gasteiger partial charge in [-0.05, 0) is 38.0 Å². The van der Waals surface area contributed by atoms with Crippen LogP contribution in [0, 0.1) is 11.8 Å². The Kier molecular flexibility index (Phi) is 5.31. The third kappa shape index (κ3) is 3.56. The van der Waals surface area contributed by atoms with E-state index in [-0.39, 0.29) is 35.0 Å². The zero-order chi connectivity index (χ0) is 21.3. The van der Waals surface area contributed by atoms with Crippen LogP contribution in [0.25, 0.3) is 0 Å². The summed E-state index contributed by atoms with van der Waals surface area (Å²) in [6.45, 7) is 1.52. The number of esters is 1. The minimum Gasteiger partial charge on any atom is -0.451 e. The van der Waals surface area contributed by atoms with E-state index < -0.39 is 12.1 Å². The predicted molar refractivity (Wildman–Crippen MR) is 110 cm³/mol. The molecule has 3 atom stereocenters. The summed E-state index contributed by atoms with van der Waals surface area (Å²) in [6.07, 6.45) is 3.98. The van der Waals surface area contributed by atoms with Crippen molar-refractivity contribution in [2.24, 2.45) is 11.8 Å². The fourth-order valence-corrected chi connectivity index (χ4v) is 3.95. The lowest BCUT2D eigenvalue weighted by Crippen LogP contribution is -2.31. The molecule has 1 saturated heterocycles. The lowest BCUT2D eigenvalue weighted by molar-refractivity contribution is -0.122. The molecule has 2 aliphatic rings. The van der Waals surface area contributed by atoms with E-state index in [4.69, 9.17) is 4.74 Å². The van der Waals surface area contributed by atoms with Crippen LogP contribution in [0.2, 0.25) is 0 Å². The van der Waals surface area contributed by atoms with Crippen molar-refractivity contribution in [2.45, 2.75) is 25.9 Å².